The molecule has 9 heavy (non-hydrogen) atoms. The monoisotopic (exact) mass is 230 g/mol. The summed E-state index contributed by atoms with van der Waals surface area (Å²) in [5, 5.41) is 7.80. The van der Waals surface area contributed by atoms with Crippen LogP contribution in [0.2, 0.25) is 0 Å². The zero-order valence-electron chi connectivity index (χ0n) is 4.33. The van der Waals surface area contributed by atoms with Gasteiger partial charge in [0.05, 0.1) is 0 Å². The molecule has 0 aliphatic carbocycles. The van der Waals surface area contributed by atoms with Crippen molar-refractivity contribution in [3.8, 4) is 0 Å². The summed E-state index contributed by atoms with van der Waals surface area (Å²) < 4.78 is 13.4. The van der Waals surface area contributed by atoms with Crippen molar-refractivity contribution in [2.45, 2.75) is 0 Å². The summed E-state index contributed by atoms with van der Waals surface area (Å²) in [6.45, 7) is -0.714. The smallest absolute Gasteiger partial charge is 0.330 e. The van der Waals surface area contributed by atoms with Crippen molar-refractivity contribution in [1.29, 1.82) is 0 Å². The van der Waals surface area contributed by atoms with E-state index in [1.54, 1.807) is 0 Å². The van der Waals surface area contributed by atoms with Gasteiger partial charge in [0, 0.05) is 26.2 Å². The Kier molecular flexibility index (Phi) is 8.98. The molecule has 52 valence electrons. The summed E-state index contributed by atoms with van der Waals surface area (Å²) in [6, 6.07) is 0. The van der Waals surface area contributed by atoms with E-state index in [0.717, 1.165) is 0 Å². The van der Waals surface area contributed by atoms with Gasteiger partial charge in [-0.25, -0.2) is 4.79 Å². The maximum atomic E-state index is 9.60. The van der Waals surface area contributed by atoms with Crippen molar-refractivity contribution in [3.63, 3.8) is 0 Å². The molecule has 1 unspecified atom stereocenters. The molecule has 0 bridgehead atoms. The third-order valence-corrected chi connectivity index (χ3v) is 0.710. The molecule has 7 heteroatoms. The number of aliphatic carboxylic acids is 1. The first-order valence-corrected chi connectivity index (χ1v) is 2.97. The second-order valence-corrected chi connectivity index (χ2v) is 1.77. The Hall–Kier alpha value is 0.503. The van der Waals surface area contributed by atoms with Gasteiger partial charge >= 0.3 is 14.2 Å². The van der Waals surface area contributed by atoms with Gasteiger partial charge in [-0.3, -0.25) is 9.09 Å². The summed E-state index contributed by atoms with van der Waals surface area (Å²) in [7, 11) is -3.06. The van der Waals surface area contributed by atoms with Gasteiger partial charge in [-0.1, -0.05) is 0 Å². The van der Waals surface area contributed by atoms with Crippen LogP contribution in [0.5, 0.6) is 0 Å². The van der Waals surface area contributed by atoms with Crippen LogP contribution < -0.4 is 0 Å². The molecule has 0 fully saturated rings. The second kappa shape index (κ2) is 6.62. The molecule has 1 atom stereocenters. The Labute approximate surface area is 71.1 Å². The van der Waals surface area contributed by atoms with E-state index in [-0.39, 0.29) is 26.2 Å². The van der Waals surface area contributed by atoms with E-state index < -0.39 is 20.8 Å². The molecule has 0 spiro atoms. The van der Waals surface area contributed by atoms with E-state index in [1.165, 1.54) is 0 Å². The quantitative estimate of drug-likeness (QED) is 0.638. The van der Waals surface area contributed by atoms with Crippen LogP contribution in [0.25, 0.3) is 0 Å². The SMILES string of the molecule is O=C(O)CO[PH](=O)O.[Zr]. The predicted molar refractivity (Wildman–Crippen MR) is 24.8 cm³/mol. The summed E-state index contributed by atoms with van der Waals surface area (Å²) >= 11 is 0. The van der Waals surface area contributed by atoms with Crippen LogP contribution in [0.3, 0.4) is 0 Å². The second-order valence-electron chi connectivity index (χ2n) is 0.948. The van der Waals surface area contributed by atoms with Crippen molar-refractivity contribution < 1.29 is 50.1 Å². The minimum Gasteiger partial charge on any atom is -0.480 e. The van der Waals surface area contributed by atoms with Crippen LogP contribution >= 0.6 is 8.25 Å². The van der Waals surface area contributed by atoms with Gasteiger partial charge in [-0.2, -0.15) is 0 Å². The van der Waals surface area contributed by atoms with Crippen molar-refractivity contribution in [2.75, 3.05) is 6.61 Å². The molecule has 0 radical (unpaired) electrons. The third kappa shape index (κ3) is 11.9. The molecule has 0 amide bonds. The van der Waals surface area contributed by atoms with Gasteiger partial charge < -0.3 is 10.00 Å². The van der Waals surface area contributed by atoms with Crippen LogP contribution in [0.15, 0.2) is 0 Å². The number of carboxylic acid groups (broad SMARTS) is 1. The molecule has 0 rings (SSSR count). The van der Waals surface area contributed by atoms with Crippen LogP contribution in [0.1, 0.15) is 0 Å². The molecule has 0 heterocycles. The third-order valence-electron chi connectivity index (χ3n) is 0.319. The van der Waals surface area contributed by atoms with Gasteiger partial charge in [0.15, 0.2) is 6.61 Å². The molecule has 0 saturated carbocycles. The van der Waals surface area contributed by atoms with Crippen molar-refractivity contribution in [2.24, 2.45) is 0 Å². The van der Waals surface area contributed by atoms with Gasteiger partial charge in [-0.05, 0) is 0 Å². The van der Waals surface area contributed by atoms with Gasteiger partial charge in [0.25, 0.3) is 0 Å². The zero-order valence-corrected chi connectivity index (χ0v) is 7.78. The zero-order chi connectivity index (χ0) is 6.57. The fourth-order valence-corrected chi connectivity index (χ4v) is 0.370. The summed E-state index contributed by atoms with van der Waals surface area (Å²) in [5.74, 6) is -1.25. The van der Waals surface area contributed by atoms with Gasteiger partial charge in [-0.15, -0.1) is 0 Å². The minimum atomic E-state index is -3.06. The molecular weight excluding hydrogens is 226 g/mol. The van der Waals surface area contributed by atoms with E-state index >= 15 is 0 Å². The van der Waals surface area contributed by atoms with Crippen molar-refractivity contribution in [1.82, 2.24) is 0 Å². The molecular formula is C2H5O5PZr. The maximum Gasteiger partial charge on any atom is 0.330 e. The molecule has 0 aliphatic rings. The van der Waals surface area contributed by atoms with Crippen LogP contribution in [-0.2, 0) is 40.1 Å². The Morgan fingerprint density at radius 1 is 1.67 bits per heavy atom. The molecule has 0 aromatic rings. The standard InChI is InChI=1S/C2H5O5P.Zr/c3-2(4)1-7-8(5)6;/h8H,1H2,(H,3,4)(H,5,6);. The van der Waals surface area contributed by atoms with Gasteiger partial charge in [0.2, 0.25) is 0 Å². The summed E-state index contributed by atoms with van der Waals surface area (Å²) in [5.41, 5.74) is 0. The van der Waals surface area contributed by atoms with Crippen LogP contribution in [-0.4, -0.2) is 22.6 Å². The molecule has 0 aromatic heterocycles. The largest absolute Gasteiger partial charge is 0.480 e. The van der Waals surface area contributed by atoms with Crippen LogP contribution in [0, 0.1) is 0 Å². The average Bonchev–Trinajstić information content (AvgIpc) is 1.61. The fourth-order valence-electron chi connectivity index (χ4n) is 0.123. The number of carboxylic acids is 1. The van der Waals surface area contributed by atoms with E-state index in [0.29, 0.717) is 0 Å². The van der Waals surface area contributed by atoms with Crippen LogP contribution in [0.4, 0.5) is 0 Å². The molecule has 2 N–H and O–H groups in total. The Morgan fingerprint density at radius 2 is 2.11 bits per heavy atom. The van der Waals surface area contributed by atoms with Crippen molar-refractivity contribution in [3.05, 3.63) is 0 Å². The first kappa shape index (κ1) is 12.2. The first-order valence-electron chi connectivity index (χ1n) is 1.70. The fraction of sp³-hybridized carbons (Fsp3) is 0.500. The topological polar surface area (TPSA) is 83.8 Å². The summed E-state index contributed by atoms with van der Waals surface area (Å²) in [4.78, 5) is 17.4. The number of hydrogen-bond acceptors (Lipinski definition) is 3. The Balaban J connectivity index is 0. The minimum absolute atomic E-state index is 0. The molecule has 0 aliphatic heterocycles. The van der Waals surface area contributed by atoms with Crippen molar-refractivity contribution >= 4 is 14.2 Å². The Morgan fingerprint density at radius 3 is 2.22 bits per heavy atom. The molecule has 5 nitrogen and oxygen atoms in total. The van der Waals surface area contributed by atoms with E-state index in [2.05, 4.69) is 4.52 Å². The number of carbonyl (C=O) groups is 1. The normalized spacial score (nSPS) is 11.7. The average molecular weight is 231 g/mol. The predicted octanol–water partition coefficient (Wildman–Crippen LogP) is -0.533. The Bertz CT molecular complexity index is 99.5. The maximum absolute atomic E-state index is 9.60. The molecule has 0 aromatic carbocycles. The van der Waals surface area contributed by atoms with E-state index in [4.69, 9.17) is 10.00 Å². The van der Waals surface area contributed by atoms with Gasteiger partial charge in [0.1, 0.15) is 0 Å². The number of hydrogen-bond donors (Lipinski definition) is 2. The first-order chi connectivity index (χ1) is 3.63. The van der Waals surface area contributed by atoms with E-state index in [9.17, 15) is 9.36 Å². The molecule has 0 saturated heterocycles. The summed E-state index contributed by atoms with van der Waals surface area (Å²) in [6.07, 6.45) is 0. The number of rotatable bonds is 3. The van der Waals surface area contributed by atoms with E-state index in [1.807, 2.05) is 0 Å².